The Morgan fingerprint density at radius 1 is 1.17 bits per heavy atom. The number of aliphatic imine (C=N–C) groups is 1. The van der Waals surface area contributed by atoms with Crippen LogP contribution in [-0.2, 0) is 11.0 Å². The number of carbonyl (C=O) groups is 2. The highest BCUT2D eigenvalue weighted by Gasteiger charge is 2.34. The van der Waals surface area contributed by atoms with Gasteiger partial charge in [-0.15, -0.1) is 11.3 Å². The molecular weight excluding hydrogens is 519 g/mol. The Labute approximate surface area is 212 Å². The lowest BCUT2D eigenvalue weighted by Gasteiger charge is -2.10. The van der Waals surface area contributed by atoms with Crippen LogP contribution in [0.1, 0.15) is 38.8 Å². The van der Waals surface area contributed by atoms with Crippen LogP contribution in [0.4, 0.5) is 24.8 Å². The molecule has 0 aromatic carbocycles. The minimum absolute atomic E-state index is 0.114. The number of pyridine rings is 2. The average molecular weight is 538 g/mol. The highest BCUT2D eigenvalue weighted by molar-refractivity contribution is 7.13. The first-order chi connectivity index (χ1) is 17.0. The van der Waals surface area contributed by atoms with Gasteiger partial charge in [-0.1, -0.05) is 11.6 Å². The van der Waals surface area contributed by atoms with Crippen molar-refractivity contribution in [2.45, 2.75) is 19.1 Å². The van der Waals surface area contributed by atoms with Crippen molar-refractivity contribution in [3.05, 3.63) is 75.0 Å². The summed E-state index contributed by atoms with van der Waals surface area (Å²) in [6.07, 6.45) is 1.71. The summed E-state index contributed by atoms with van der Waals surface area (Å²) in [6.45, 7) is 1.67. The molecule has 0 saturated heterocycles. The summed E-state index contributed by atoms with van der Waals surface area (Å²) in [5.74, 6) is -1.10. The fourth-order valence-electron chi connectivity index (χ4n) is 2.83. The number of nitrogens with zero attached hydrogens (tertiary/aromatic N) is 4. The van der Waals surface area contributed by atoms with Crippen LogP contribution in [0.5, 0.6) is 0 Å². The molecule has 0 aliphatic carbocycles. The minimum Gasteiger partial charge on any atom is -0.384 e. The highest BCUT2D eigenvalue weighted by Crippen LogP contribution is 2.35. The van der Waals surface area contributed by atoms with Crippen LogP contribution < -0.4 is 16.4 Å². The molecule has 0 radical (unpaired) electrons. The van der Waals surface area contributed by atoms with Crippen molar-refractivity contribution in [3.63, 3.8) is 0 Å². The standard InChI is InChI=1S/C22H19ClF3N7O2S/c1-11(32-19(34)6-4-15(28-2)12-3-5-17(27)29-8-12)21-31-10-16(36-21)20(35)33-18-7-13(22(24,25)26)14(23)9-30-18/h3-11H,1-2H3,(H2,27,29)(H,32,34)(H,30,33,35)/b6-4+,28-15?. The predicted molar refractivity (Wildman–Crippen MR) is 131 cm³/mol. The van der Waals surface area contributed by atoms with Gasteiger partial charge in [-0.3, -0.25) is 14.6 Å². The third-order valence-corrected chi connectivity index (χ3v) is 6.07. The molecule has 0 aliphatic heterocycles. The Morgan fingerprint density at radius 3 is 2.56 bits per heavy atom. The molecule has 0 aliphatic rings. The fourth-order valence-corrected chi connectivity index (χ4v) is 3.86. The quantitative estimate of drug-likeness (QED) is 0.304. The average Bonchev–Trinajstić information content (AvgIpc) is 3.32. The molecule has 2 amide bonds. The molecular formula is C22H19ClF3N7O2S. The first-order valence-corrected chi connectivity index (χ1v) is 11.3. The third kappa shape index (κ3) is 6.86. The number of rotatable bonds is 7. The molecule has 1 atom stereocenters. The van der Waals surface area contributed by atoms with Crippen molar-refractivity contribution in [2.24, 2.45) is 4.99 Å². The van der Waals surface area contributed by atoms with Gasteiger partial charge in [0.2, 0.25) is 5.91 Å². The zero-order valence-corrected chi connectivity index (χ0v) is 20.4. The van der Waals surface area contributed by atoms with Gasteiger partial charge in [0.25, 0.3) is 5.91 Å². The summed E-state index contributed by atoms with van der Waals surface area (Å²) in [6, 6.07) is 3.43. The van der Waals surface area contributed by atoms with E-state index in [1.165, 1.54) is 24.5 Å². The van der Waals surface area contributed by atoms with E-state index >= 15 is 0 Å². The molecule has 14 heteroatoms. The van der Waals surface area contributed by atoms with Crippen LogP contribution in [0.25, 0.3) is 0 Å². The van der Waals surface area contributed by atoms with Gasteiger partial charge < -0.3 is 16.4 Å². The third-order valence-electron chi connectivity index (χ3n) is 4.59. The van der Waals surface area contributed by atoms with E-state index in [4.69, 9.17) is 17.3 Å². The second kappa shape index (κ2) is 11.3. The number of nitrogens with one attached hydrogen (secondary N) is 2. The number of anilines is 2. The van der Waals surface area contributed by atoms with E-state index in [9.17, 15) is 22.8 Å². The van der Waals surface area contributed by atoms with Crippen molar-refractivity contribution in [2.75, 3.05) is 18.1 Å². The molecule has 0 fully saturated rings. The van der Waals surface area contributed by atoms with Crippen molar-refractivity contribution in [1.82, 2.24) is 20.3 Å². The van der Waals surface area contributed by atoms with Gasteiger partial charge in [-0.05, 0) is 31.2 Å². The van der Waals surface area contributed by atoms with Gasteiger partial charge in [-0.25, -0.2) is 15.0 Å². The number of nitrogens with two attached hydrogens (primary N) is 1. The normalized spacial score (nSPS) is 13.0. The van der Waals surface area contributed by atoms with Crippen molar-refractivity contribution < 1.29 is 22.8 Å². The number of nitrogen functional groups attached to an aromatic ring is 1. The molecule has 0 saturated carbocycles. The SMILES string of the molecule is CN=C(/C=C/C(=O)NC(C)c1ncc(C(=O)Nc2cc(C(F)(F)F)c(Cl)cn2)s1)c1ccc(N)nc1. The lowest BCUT2D eigenvalue weighted by atomic mass is 10.1. The van der Waals surface area contributed by atoms with E-state index < -0.39 is 34.6 Å². The Morgan fingerprint density at radius 2 is 1.92 bits per heavy atom. The van der Waals surface area contributed by atoms with Crippen LogP contribution in [0.15, 0.2) is 53.9 Å². The first kappa shape index (κ1) is 26.8. The van der Waals surface area contributed by atoms with Crippen LogP contribution in [-0.4, -0.2) is 39.5 Å². The van der Waals surface area contributed by atoms with Crippen molar-refractivity contribution in [3.8, 4) is 0 Å². The zero-order valence-electron chi connectivity index (χ0n) is 18.8. The maximum absolute atomic E-state index is 13.0. The Bertz CT molecular complexity index is 1320. The van der Waals surface area contributed by atoms with Gasteiger partial charge in [-0.2, -0.15) is 13.2 Å². The van der Waals surface area contributed by atoms with Gasteiger partial charge in [0.1, 0.15) is 21.5 Å². The molecule has 3 rings (SSSR count). The van der Waals surface area contributed by atoms with E-state index in [0.717, 1.165) is 17.5 Å². The summed E-state index contributed by atoms with van der Waals surface area (Å²) in [7, 11) is 1.57. The number of hydrogen-bond donors (Lipinski definition) is 3. The Kier molecular flexibility index (Phi) is 8.37. The number of halogens is 4. The number of thiazole rings is 1. The number of aromatic nitrogens is 3. The lowest BCUT2D eigenvalue weighted by Crippen LogP contribution is -2.24. The van der Waals surface area contributed by atoms with E-state index in [1.807, 2.05) is 0 Å². The molecule has 0 spiro atoms. The molecule has 188 valence electrons. The summed E-state index contributed by atoms with van der Waals surface area (Å²) in [5.41, 5.74) is 5.65. The largest absolute Gasteiger partial charge is 0.418 e. The number of allylic oxidation sites excluding steroid dienone is 1. The second-order valence-electron chi connectivity index (χ2n) is 7.21. The number of carbonyl (C=O) groups excluding carboxylic acids is 2. The van der Waals surface area contributed by atoms with Gasteiger partial charge in [0.05, 0.1) is 28.5 Å². The molecule has 0 bridgehead atoms. The lowest BCUT2D eigenvalue weighted by molar-refractivity contribution is -0.137. The predicted octanol–water partition coefficient (Wildman–Crippen LogP) is 4.29. The molecule has 36 heavy (non-hydrogen) atoms. The van der Waals surface area contributed by atoms with Crippen LogP contribution in [0, 0.1) is 0 Å². The van der Waals surface area contributed by atoms with Crippen molar-refractivity contribution in [1.29, 1.82) is 0 Å². The maximum atomic E-state index is 13.0. The maximum Gasteiger partial charge on any atom is 0.418 e. The molecule has 1 unspecified atom stereocenters. The molecule has 3 aromatic rings. The van der Waals surface area contributed by atoms with E-state index in [-0.39, 0.29) is 10.7 Å². The Hall–Kier alpha value is -3.84. The summed E-state index contributed by atoms with van der Waals surface area (Å²) in [4.78, 5) is 40.9. The highest BCUT2D eigenvalue weighted by atomic mass is 35.5. The van der Waals surface area contributed by atoms with Gasteiger partial charge >= 0.3 is 6.18 Å². The van der Waals surface area contributed by atoms with Gasteiger partial charge in [0.15, 0.2) is 0 Å². The van der Waals surface area contributed by atoms with E-state index in [1.54, 1.807) is 26.1 Å². The second-order valence-corrected chi connectivity index (χ2v) is 8.68. The first-order valence-electron chi connectivity index (χ1n) is 10.1. The van der Waals surface area contributed by atoms with Crippen LogP contribution in [0.3, 0.4) is 0 Å². The number of alkyl halides is 3. The molecule has 3 heterocycles. The molecule has 9 nitrogen and oxygen atoms in total. The van der Waals surface area contributed by atoms with E-state index in [2.05, 4.69) is 30.6 Å². The van der Waals surface area contributed by atoms with Crippen LogP contribution >= 0.6 is 22.9 Å². The zero-order chi connectivity index (χ0) is 26.5. The Balaban J connectivity index is 1.62. The van der Waals surface area contributed by atoms with Gasteiger partial charge in [0, 0.05) is 31.1 Å². The fraction of sp³-hybridized carbons (Fsp3) is 0.182. The topological polar surface area (TPSA) is 135 Å². The monoisotopic (exact) mass is 537 g/mol. The summed E-state index contributed by atoms with van der Waals surface area (Å²) < 4.78 is 39.1. The summed E-state index contributed by atoms with van der Waals surface area (Å²) >= 11 is 6.51. The summed E-state index contributed by atoms with van der Waals surface area (Å²) in [5, 5.41) is 4.83. The molecule has 3 aromatic heterocycles. The minimum atomic E-state index is -4.70. The van der Waals surface area contributed by atoms with Crippen molar-refractivity contribution >= 4 is 52.1 Å². The number of hydrogen-bond acceptors (Lipinski definition) is 8. The molecule has 4 N–H and O–H groups in total. The van der Waals surface area contributed by atoms with E-state index in [0.29, 0.717) is 28.2 Å². The smallest absolute Gasteiger partial charge is 0.384 e. The van der Waals surface area contributed by atoms with Crippen LogP contribution in [0.2, 0.25) is 5.02 Å². The number of amides is 2.